The van der Waals surface area contributed by atoms with E-state index in [1.54, 1.807) is 39.0 Å². The van der Waals surface area contributed by atoms with E-state index < -0.39 is 29.6 Å². The maximum atomic E-state index is 13.7. The van der Waals surface area contributed by atoms with Crippen molar-refractivity contribution in [3.05, 3.63) is 35.6 Å². The van der Waals surface area contributed by atoms with Gasteiger partial charge in [-0.2, -0.15) is 0 Å². The highest BCUT2D eigenvalue weighted by molar-refractivity contribution is 5.68. The minimum absolute atomic E-state index is 0.138. The first-order chi connectivity index (χ1) is 10.2. The van der Waals surface area contributed by atoms with Crippen LogP contribution in [-0.2, 0) is 15.9 Å². The Kier molecular flexibility index (Phi) is 6.15. The van der Waals surface area contributed by atoms with Crippen LogP contribution in [0.2, 0.25) is 0 Å². The van der Waals surface area contributed by atoms with E-state index in [2.05, 4.69) is 5.32 Å². The third kappa shape index (κ3) is 6.92. The summed E-state index contributed by atoms with van der Waals surface area (Å²) < 4.78 is 23.5. The first kappa shape index (κ1) is 17.7. The summed E-state index contributed by atoms with van der Waals surface area (Å²) in [6.45, 7) is 4.98. The van der Waals surface area contributed by atoms with Crippen molar-refractivity contribution < 1.29 is 23.5 Å². The molecule has 0 fully saturated rings. The van der Waals surface area contributed by atoms with Crippen LogP contribution < -0.4 is 11.1 Å². The summed E-state index contributed by atoms with van der Waals surface area (Å²) in [6.07, 6.45) is -1.51. The topological polar surface area (TPSA) is 90.7 Å². The number of halogens is 1. The Hall–Kier alpha value is -2.31. The van der Waals surface area contributed by atoms with Crippen LogP contribution in [0.5, 0.6) is 0 Å². The fraction of sp³-hybridized carbons (Fsp3) is 0.467. The number of hydrogen-bond donors (Lipinski definition) is 2. The standard InChI is InChI=1S/C15H21FN2O4/c1-15(2,3)22-14(20)18-11(9-21-13(17)19)8-10-6-4-5-7-12(10)16/h4-7,11H,8-9H2,1-3H3,(H2,17,19)(H,18,20)/t11-/m0/s1. The van der Waals surface area contributed by atoms with Gasteiger partial charge in [0.25, 0.3) is 0 Å². The molecule has 2 amide bonds. The van der Waals surface area contributed by atoms with Gasteiger partial charge in [0.15, 0.2) is 0 Å². The third-order valence-corrected chi connectivity index (χ3v) is 2.57. The Balaban J connectivity index is 2.73. The summed E-state index contributed by atoms with van der Waals surface area (Å²) in [5, 5.41) is 2.54. The van der Waals surface area contributed by atoms with Crippen LogP contribution in [0.25, 0.3) is 0 Å². The molecule has 0 saturated carbocycles. The van der Waals surface area contributed by atoms with Crippen LogP contribution in [0.1, 0.15) is 26.3 Å². The van der Waals surface area contributed by atoms with Gasteiger partial charge in [0.2, 0.25) is 0 Å². The van der Waals surface area contributed by atoms with Crippen molar-refractivity contribution in [3.8, 4) is 0 Å². The van der Waals surface area contributed by atoms with Crippen molar-refractivity contribution in [2.45, 2.75) is 38.8 Å². The molecule has 3 N–H and O–H groups in total. The zero-order chi connectivity index (χ0) is 16.8. The second kappa shape index (κ2) is 7.63. The fourth-order valence-electron chi connectivity index (χ4n) is 1.74. The molecule has 0 heterocycles. The quantitative estimate of drug-likeness (QED) is 0.873. The number of ether oxygens (including phenoxy) is 2. The molecule has 0 spiro atoms. The van der Waals surface area contributed by atoms with Gasteiger partial charge >= 0.3 is 12.2 Å². The van der Waals surface area contributed by atoms with E-state index in [4.69, 9.17) is 15.2 Å². The van der Waals surface area contributed by atoms with Crippen molar-refractivity contribution in [3.63, 3.8) is 0 Å². The molecule has 1 atom stereocenters. The van der Waals surface area contributed by atoms with Crippen LogP contribution in [0, 0.1) is 5.82 Å². The van der Waals surface area contributed by atoms with E-state index in [0.717, 1.165) is 0 Å². The lowest BCUT2D eigenvalue weighted by Crippen LogP contribution is -2.43. The van der Waals surface area contributed by atoms with E-state index in [1.807, 2.05) is 0 Å². The summed E-state index contributed by atoms with van der Waals surface area (Å²) in [5.74, 6) is -0.405. The molecule has 0 saturated heterocycles. The molecule has 1 aromatic carbocycles. The minimum atomic E-state index is -0.968. The SMILES string of the molecule is CC(C)(C)OC(=O)N[C@H](COC(N)=O)Cc1ccccc1F. The van der Waals surface area contributed by atoms with Crippen molar-refractivity contribution >= 4 is 12.2 Å². The summed E-state index contributed by atoms with van der Waals surface area (Å²) in [4.78, 5) is 22.5. The Labute approximate surface area is 128 Å². The number of hydrogen-bond acceptors (Lipinski definition) is 4. The van der Waals surface area contributed by atoms with Crippen molar-refractivity contribution in [1.82, 2.24) is 5.32 Å². The molecule has 1 aromatic rings. The first-order valence-electron chi connectivity index (χ1n) is 6.82. The van der Waals surface area contributed by atoms with Gasteiger partial charge in [-0.3, -0.25) is 0 Å². The highest BCUT2D eigenvalue weighted by Gasteiger charge is 2.21. The number of carbonyl (C=O) groups is 2. The van der Waals surface area contributed by atoms with Crippen LogP contribution in [-0.4, -0.2) is 30.4 Å². The third-order valence-electron chi connectivity index (χ3n) is 2.57. The number of rotatable bonds is 5. The molecule has 0 aliphatic carbocycles. The zero-order valence-electron chi connectivity index (χ0n) is 12.9. The lowest BCUT2D eigenvalue weighted by Gasteiger charge is -2.23. The summed E-state index contributed by atoms with van der Waals surface area (Å²) in [6, 6.07) is 5.49. The second-order valence-electron chi connectivity index (χ2n) is 5.77. The second-order valence-corrected chi connectivity index (χ2v) is 5.77. The predicted octanol–water partition coefficient (Wildman–Crippen LogP) is 2.36. The molecule has 122 valence electrons. The molecule has 22 heavy (non-hydrogen) atoms. The zero-order valence-corrected chi connectivity index (χ0v) is 12.9. The van der Waals surface area contributed by atoms with E-state index >= 15 is 0 Å². The van der Waals surface area contributed by atoms with Gasteiger partial charge < -0.3 is 20.5 Å². The van der Waals surface area contributed by atoms with Gasteiger partial charge in [-0.1, -0.05) is 18.2 Å². The smallest absolute Gasteiger partial charge is 0.408 e. The normalized spacial score (nSPS) is 12.4. The van der Waals surface area contributed by atoms with Gasteiger partial charge in [-0.15, -0.1) is 0 Å². The van der Waals surface area contributed by atoms with Crippen molar-refractivity contribution in [2.24, 2.45) is 5.73 Å². The average Bonchev–Trinajstić information content (AvgIpc) is 2.36. The number of primary amides is 1. The number of nitrogens with two attached hydrogens (primary N) is 1. The summed E-state index contributed by atoms with van der Waals surface area (Å²) >= 11 is 0. The number of alkyl carbamates (subject to hydrolysis) is 1. The van der Waals surface area contributed by atoms with Gasteiger partial charge in [0.1, 0.15) is 18.0 Å². The molecule has 0 bridgehead atoms. The highest BCUT2D eigenvalue weighted by Crippen LogP contribution is 2.11. The van der Waals surface area contributed by atoms with Gasteiger partial charge in [-0.05, 0) is 38.8 Å². The minimum Gasteiger partial charge on any atom is -0.448 e. The Bertz CT molecular complexity index is 529. The van der Waals surface area contributed by atoms with E-state index in [-0.39, 0.29) is 13.0 Å². The Morgan fingerprint density at radius 3 is 2.50 bits per heavy atom. The Morgan fingerprint density at radius 2 is 1.95 bits per heavy atom. The van der Waals surface area contributed by atoms with Crippen LogP contribution >= 0.6 is 0 Å². The van der Waals surface area contributed by atoms with Crippen molar-refractivity contribution in [1.29, 1.82) is 0 Å². The first-order valence-corrected chi connectivity index (χ1v) is 6.82. The average molecular weight is 312 g/mol. The molecule has 0 aromatic heterocycles. The lowest BCUT2D eigenvalue weighted by molar-refractivity contribution is 0.0473. The molecular formula is C15H21FN2O4. The van der Waals surface area contributed by atoms with Crippen LogP contribution in [0.4, 0.5) is 14.0 Å². The van der Waals surface area contributed by atoms with Crippen LogP contribution in [0.3, 0.4) is 0 Å². The number of nitrogens with one attached hydrogen (secondary N) is 1. The summed E-state index contributed by atoms with van der Waals surface area (Å²) in [5.41, 5.74) is 4.63. The predicted molar refractivity (Wildman–Crippen MR) is 78.8 cm³/mol. The molecule has 7 heteroatoms. The molecule has 0 aliphatic heterocycles. The largest absolute Gasteiger partial charge is 0.448 e. The Morgan fingerprint density at radius 1 is 1.32 bits per heavy atom. The lowest BCUT2D eigenvalue weighted by atomic mass is 10.1. The number of benzene rings is 1. The van der Waals surface area contributed by atoms with E-state index in [0.29, 0.717) is 5.56 Å². The molecule has 0 unspecified atom stereocenters. The maximum Gasteiger partial charge on any atom is 0.408 e. The molecular weight excluding hydrogens is 291 g/mol. The van der Waals surface area contributed by atoms with E-state index in [1.165, 1.54) is 6.07 Å². The highest BCUT2D eigenvalue weighted by atomic mass is 19.1. The monoisotopic (exact) mass is 312 g/mol. The van der Waals surface area contributed by atoms with Crippen molar-refractivity contribution in [2.75, 3.05) is 6.61 Å². The maximum absolute atomic E-state index is 13.7. The fourth-order valence-corrected chi connectivity index (χ4v) is 1.74. The number of amides is 2. The summed E-state index contributed by atoms with van der Waals surface area (Å²) in [7, 11) is 0. The molecule has 0 radical (unpaired) electrons. The number of carbonyl (C=O) groups excluding carboxylic acids is 2. The van der Waals surface area contributed by atoms with Gasteiger partial charge in [-0.25, -0.2) is 14.0 Å². The molecule has 6 nitrogen and oxygen atoms in total. The molecule has 1 rings (SSSR count). The van der Waals surface area contributed by atoms with Gasteiger partial charge in [0.05, 0.1) is 6.04 Å². The van der Waals surface area contributed by atoms with Crippen LogP contribution in [0.15, 0.2) is 24.3 Å². The van der Waals surface area contributed by atoms with Gasteiger partial charge in [0, 0.05) is 0 Å². The van der Waals surface area contributed by atoms with E-state index in [9.17, 15) is 14.0 Å². The molecule has 0 aliphatic rings.